The van der Waals surface area contributed by atoms with Crippen molar-refractivity contribution in [2.24, 2.45) is 94.7 Å². The van der Waals surface area contributed by atoms with Crippen molar-refractivity contribution in [3.63, 3.8) is 0 Å². The summed E-state index contributed by atoms with van der Waals surface area (Å²) in [5.41, 5.74) is 0. The first-order valence-electron chi connectivity index (χ1n) is 19.5. The predicted molar refractivity (Wildman–Crippen MR) is 181 cm³/mol. The maximum absolute atomic E-state index is 10.8. The van der Waals surface area contributed by atoms with Gasteiger partial charge in [-0.1, -0.05) is 55.4 Å². The zero-order chi connectivity index (χ0) is 32.0. The van der Waals surface area contributed by atoms with E-state index < -0.39 is 0 Å². The summed E-state index contributed by atoms with van der Waals surface area (Å²) >= 11 is 0. The molecule has 0 aliphatic heterocycles. The normalized spacial score (nSPS) is 54.0. The molecule has 0 heterocycles. The van der Waals surface area contributed by atoms with E-state index >= 15 is 0 Å². The van der Waals surface area contributed by atoms with E-state index in [4.69, 9.17) is 0 Å². The van der Waals surface area contributed by atoms with Gasteiger partial charge < -0.3 is 20.4 Å². The van der Waals surface area contributed by atoms with Crippen molar-refractivity contribution in [3.05, 3.63) is 0 Å². The molecule has 4 nitrogen and oxygen atoms in total. The van der Waals surface area contributed by atoms with Crippen molar-refractivity contribution < 1.29 is 20.4 Å². The van der Waals surface area contributed by atoms with Crippen LogP contribution in [-0.4, -0.2) is 44.8 Å². The Hall–Kier alpha value is -0.160. The first-order chi connectivity index (χ1) is 20.8. The average Bonchev–Trinajstić information content (AvgIpc) is 2.96. The molecular formula is C40H72O4. The van der Waals surface area contributed by atoms with Gasteiger partial charge in [0, 0.05) is 0 Å². The fourth-order valence-electron chi connectivity index (χ4n) is 12.5. The highest BCUT2D eigenvalue weighted by molar-refractivity contribution is 5.00. The van der Waals surface area contributed by atoms with Gasteiger partial charge in [0.25, 0.3) is 0 Å². The maximum atomic E-state index is 10.8. The van der Waals surface area contributed by atoms with Gasteiger partial charge in [-0.05, 0) is 172 Å². The summed E-state index contributed by atoms with van der Waals surface area (Å²) < 4.78 is 0. The van der Waals surface area contributed by atoms with Gasteiger partial charge in [-0.2, -0.15) is 0 Å². The van der Waals surface area contributed by atoms with Crippen molar-refractivity contribution in [2.75, 3.05) is 0 Å². The van der Waals surface area contributed by atoms with Crippen LogP contribution in [0.2, 0.25) is 0 Å². The SMILES string of the molecule is CC1CC(C(C2CCC(C(C3CC(C)C(O)CC3C)C3CC(C)C(O)CC3C)CC2)C2CC(C)C(O)CC2C)C(C)CC1O. The van der Waals surface area contributed by atoms with Gasteiger partial charge in [0.15, 0.2) is 0 Å². The summed E-state index contributed by atoms with van der Waals surface area (Å²) in [4.78, 5) is 0. The zero-order valence-corrected chi connectivity index (χ0v) is 29.8. The van der Waals surface area contributed by atoms with E-state index in [1.807, 2.05) is 0 Å². The molecule has 44 heavy (non-hydrogen) atoms. The van der Waals surface area contributed by atoms with Gasteiger partial charge in [-0.25, -0.2) is 0 Å². The molecule has 5 fully saturated rings. The second-order valence-corrected chi connectivity index (χ2v) is 18.5. The molecule has 0 aromatic heterocycles. The van der Waals surface area contributed by atoms with Crippen LogP contribution in [0.25, 0.3) is 0 Å². The molecule has 5 rings (SSSR count). The molecule has 16 atom stereocenters. The van der Waals surface area contributed by atoms with E-state index in [0.29, 0.717) is 82.9 Å². The fourth-order valence-corrected chi connectivity index (χ4v) is 12.5. The molecule has 5 aliphatic rings. The number of hydrogen-bond acceptors (Lipinski definition) is 4. The van der Waals surface area contributed by atoms with Crippen LogP contribution in [0.4, 0.5) is 0 Å². The third-order valence-corrected chi connectivity index (χ3v) is 15.5. The Kier molecular flexibility index (Phi) is 11.6. The van der Waals surface area contributed by atoms with E-state index in [2.05, 4.69) is 55.4 Å². The van der Waals surface area contributed by atoms with Crippen LogP contribution in [0.15, 0.2) is 0 Å². The van der Waals surface area contributed by atoms with E-state index in [9.17, 15) is 20.4 Å². The molecule has 0 spiro atoms. The lowest BCUT2D eigenvalue weighted by Gasteiger charge is -2.54. The highest BCUT2D eigenvalue weighted by Gasteiger charge is 2.50. The predicted octanol–water partition coefficient (Wildman–Crippen LogP) is 8.20. The van der Waals surface area contributed by atoms with Crippen molar-refractivity contribution in [1.29, 1.82) is 0 Å². The van der Waals surface area contributed by atoms with E-state index in [1.165, 1.54) is 25.7 Å². The summed E-state index contributed by atoms with van der Waals surface area (Å²) in [6, 6.07) is 0. The summed E-state index contributed by atoms with van der Waals surface area (Å²) in [5, 5.41) is 43.2. The van der Waals surface area contributed by atoms with Gasteiger partial charge in [-0.15, -0.1) is 0 Å². The van der Waals surface area contributed by atoms with Gasteiger partial charge in [0.2, 0.25) is 0 Å². The first kappa shape index (κ1) is 35.2. The van der Waals surface area contributed by atoms with Crippen LogP contribution in [0, 0.1) is 94.7 Å². The van der Waals surface area contributed by atoms with Crippen LogP contribution >= 0.6 is 0 Å². The molecule has 5 aliphatic carbocycles. The van der Waals surface area contributed by atoms with Crippen molar-refractivity contribution in [2.45, 2.75) is 157 Å². The second kappa shape index (κ2) is 14.5. The Balaban J connectivity index is 1.39. The highest BCUT2D eigenvalue weighted by atomic mass is 16.3. The minimum absolute atomic E-state index is 0.153. The maximum Gasteiger partial charge on any atom is 0.0568 e. The topological polar surface area (TPSA) is 80.9 Å². The molecule has 16 unspecified atom stereocenters. The van der Waals surface area contributed by atoms with Crippen LogP contribution in [0.5, 0.6) is 0 Å². The van der Waals surface area contributed by atoms with Crippen molar-refractivity contribution >= 4 is 0 Å². The monoisotopic (exact) mass is 617 g/mol. The van der Waals surface area contributed by atoms with Gasteiger partial charge in [-0.3, -0.25) is 0 Å². The quantitative estimate of drug-likeness (QED) is 0.243. The largest absolute Gasteiger partial charge is 0.393 e. The van der Waals surface area contributed by atoms with Crippen molar-refractivity contribution in [3.8, 4) is 0 Å². The van der Waals surface area contributed by atoms with E-state index in [-0.39, 0.29) is 24.4 Å². The van der Waals surface area contributed by atoms with Crippen LogP contribution in [0.3, 0.4) is 0 Å². The Bertz CT molecular complexity index is 768. The number of aliphatic hydroxyl groups is 4. The Morgan fingerprint density at radius 3 is 0.727 bits per heavy atom. The third kappa shape index (κ3) is 7.29. The van der Waals surface area contributed by atoms with Crippen molar-refractivity contribution in [1.82, 2.24) is 0 Å². The molecule has 0 saturated heterocycles. The Morgan fingerprint density at radius 2 is 0.523 bits per heavy atom. The molecule has 256 valence electrons. The smallest absolute Gasteiger partial charge is 0.0568 e. The minimum Gasteiger partial charge on any atom is -0.393 e. The standard InChI is InChI=1S/C40H72O4/c1-21-17-35(41)25(5)13-31(21)39(32-14-26(6)36(42)18-22(32)2)29-9-11-30(12-10-29)40(33-15-27(7)37(43)19-23(33)3)34-16-28(8)38(44)20-24(34)4/h21-44H,9-20H2,1-8H3. The lowest BCUT2D eigenvalue weighted by Crippen LogP contribution is -2.48. The number of aliphatic hydroxyl groups excluding tert-OH is 4. The minimum atomic E-state index is -0.153. The summed E-state index contributed by atoms with van der Waals surface area (Å²) in [6.45, 7) is 18.9. The lowest BCUT2D eigenvalue weighted by atomic mass is 9.52. The summed E-state index contributed by atoms with van der Waals surface area (Å²) in [5.74, 6) is 9.46. The number of hydrogen-bond donors (Lipinski definition) is 4. The van der Waals surface area contributed by atoms with Crippen LogP contribution in [0.1, 0.15) is 132 Å². The molecular weight excluding hydrogens is 544 g/mol. The zero-order valence-electron chi connectivity index (χ0n) is 29.8. The fraction of sp³-hybridized carbons (Fsp3) is 1.00. The Labute approximate surface area is 271 Å². The molecule has 0 bridgehead atoms. The van der Waals surface area contributed by atoms with Gasteiger partial charge in [0.1, 0.15) is 0 Å². The average molecular weight is 617 g/mol. The lowest BCUT2D eigenvalue weighted by molar-refractivity contribution is -0.0797. The second-order valence-electron chi connectivity index (χ2n) is 18.5. The summed E-state index contributed by atoms with van der Waals surface area (Å²) in [6.07, 6.45) is 13.2. The first-order valence-corrected chi connectivity index (χ1v) is 19.5. The van der Waals surface area contributed by atoms with E-state index in [0.717, 1.165) is 63.2 Å². The highest BCUT2D eigenvalue weighted by Crippen LogP contribution is 2.56. The van der Waals surface area contributed by atoms with Gasteiger partial charge >= 0.3 is 0 Å². The molecule has 4 N–H and O–H groups in total. The molecule has 0 radical (unpaired) electrons. The Morgan fingerprint density at radius 1 is 0.318 bits per heavy atom. The molecule has 4 heteroatoms. The summed E-state index contributed by atoms with van der Waals surface area (Å²) in [7, 11) is 0. The molecule has 0 amide bonds. The molecule has 0 aromatic rings. The van der Waals surface area contributed by atoms with Crippen LogP contribution in [-0.2, 0) is 0 Å². The van der Waals surface area contributed by atoms with Gasteiger partial charge in [0.05, 0.1) is 24.4 Å². The molecule has 5 saturated carbocycles. The van der Waals surface area contributed by atoms with E-state index in [1.54, 1.807) is 0 Å². The molecule has 0 aromatic carbocycles. The third-order valence-electron chi connectivity index (χ3n) is 15.5. The van der Waals surface area contributed by atoms with Crippen LogP contribution < -0.4 is 0 Å². The number of rotatable bonds is 6.